The lowest BCUT2D eigenvalue weighted by Crippen LogP contribution is -2.21. The number of halogens is 3. The fraction of sp³-hybridized carbons (Fsp3) is 0.348. The van der Waals surface area contributed by atoms with Crippen molar-refractivity contribution in [1.82, 2.24) is 0 Å². The summed E-state index contributed by atoms with van der Waals surface area (Å²) in [6.07, 6.45) is -2.09. The molecule has 1 fully saturated rings. The van der Waals surface area contributed by atoms with Gasteiger partial charge in [0.25, 0.3) is 0 Å². The second kappa shape index (κ2) is 7.96. The Morgan fingerprint density at radius 2 is 1.88 bits per heavy atom. The number of carbonyl (C=O) groups is 1. The van der Waals surface area contributed by atoms with Gasteiger partial charge in [-0.3, -0.25) is 14.9 Å². The highest BCUT2D eigenvalue weighted by molar-refractivity contribution is 6.23. The molecule has 0 radical (unpaired) electrons. The Labute approximate surface area is 181 Å². The van der Waals surface area contributed by atoms with Gasteiger partial charge in [0.05, 0.1) is 16.1 Å². The number of rotatable bonds is 5. The molecule has 2 aromatic carbocycles. The van der Waals surface area contributed by atoms with Gasteiger partial charge >= 0.3 is 11.9 Å². The maximum absolute atomic E-state index is 13.0. The van der Waals surface area contributed by atoms with Gasteiger partial charge in [0.2, 0.25) is 5.75 Å². The van der Waals surface area contributed by atoms with E-state index in [1.54, 1.807) is 6.07 Å². The predicted octanol–water partition coefficient (Wildman–Crippen LogP) is 6.24. The fourth-order valence-corrected chi connectivity index (χ4v) is 4.48. The monoisotopic (exact) mass is 447 g/mol. The van der Waals surface area contributed by atoms with Crippen molar-refractivity contribution in [2.45, 2.75) is 38.8 Å². The molecule has 0 heterocycles. The van der Waals surface area contributed by atoms with Crippen LogP contribution in [0.3, 0.4) is 0 Å². The molecule has 2 atom stereocenters. The summed E-state index contributed by atoms with van der Waals surface area (Å²) in [7, 11) is 0. The van der Waals surface area contributed by atoms with Gasteiger partial charge in [-0.05, 0) is 61.1 Å². The van der Waals surface area contributed by atoms with Crippen LogP contribution in [0.2, 0.25) is 0 Å². The first kappa shape index (κ1) is 21.9. The minimum absolute atomic E-state index is 0.0520. The largest absolute Gasteiger partial charge is 0.511 e. The van der Waals surface area contributed by atoms with Crippen LogP contribution < -0.4 is 4.74 Å². The Morgan fingerprint density at radius 1 is 1.16 bits per heavy atom. The Bertz CT molecular complexity index is 1140. The molecule has 0 amide bonds. The minimum Gasteiger partial charge on any atom is -0.511 e. The molecule has 32 heavy (non-hydrogen) atoms. The Morgan fingerprint density at radius 3 is 2.53 bits per heavy atom. The number of nitro groups is 1. The van der Waals surface area contributed by atoms with Gasteiger partial charge in [0.15, 0.2) is 5.78 Å². The third kappa shape index (κ3) is 3.83. The number of Topliss-reactive ketones (excluding diaryl/α,β-unsaturated/α-hetero) is 1. The molecular weight excluding hydrogens is 427 g/mol. The van der Waals surface area contributed by atoms with Crippen molar-refractivity contribution in [3.63, 3.8) is 0 Å². The highest BCUT2D eigenvalue weighted by Crippen LogP contribution is 2.46. The molecule has 6 nitrogen and oxygen atoms in total. The van der Waals surface area contributed by atoms with Crippen LogP contribution in [0.1, 0.15) is 42.9 Å². The summed E-state index contributed by atoms with van der Waals surface area (Å²) in [6, 6.07) is 6.76. The first-order valence-corrected chi connectivity index (χ1v) is 10.2. The topological polar surface area (TPSA) is 89.7 Å². The number of nitrogens with zero attached hydrogens (tertiary/aromatic N) is 1. The van der Waals surface area contributed by atoms with Gasteiger partial charge < -0.3 is 9.84 Å². The quantitative estimate of drug-likeness (QED) is 0.433. The van der Waals surface area contributed by atoms with Gasteiger partial charge in [-0.25, -0.2) is 0 Å². The van der Waals surface area contributed by atoms with Crippen LogP contribution >= 0.6 is 0 Å². The molecule has 0 saturated heterocycles. The number of allylic oxidation sites excluding steroid dienone is 2. The maximum Gasteiger partial charge on any atom is 0.416 e. The summed E-state index contributed by atoms with van der Waals surface area (Å²) < 4.78 is 44.4. The SMILES string of the molecule is CCc1ccc(Oc2ccc(C(F)(F)F)cc2[N+](=O)[O-])cc1C1=C(O)[C@@H]2CC[C@@H](C2)C1=O. The van der Waals surface area contributed by atoms with Crippen LogP contribution in [0, 0.1) is 22.0 Å². The Hall–Kier alpha value is -3.36. The van der Waals surface area contributed by atoms with E-state index < -0.39 is 22.4 Å². The van der Waals surface area contributed by atoms with Crippen LogP contribution in [0.25, 0.3) is 5.57 Å². The average molecular weight is 447 g/mol. The molecule has 0 spiro atoms. The van der Waals surface area contributed by atoms with Gasteiger partial charge in [-0.2, -0.15) is 13.2 Å². The van der Waals surface area contributed by atoms with E-state index in [0.29, 0.717) is 37.0 Å². The highest BCUT2D eigenvalue weighted by Gasteiger charge is 2.41. The van der Waals surface area contributed by atoms with Crippen LogP contribution in [-0.4, -0.2) is 15.8 Å². The van der Waals surface area contributed by atoms with Crippen molar-refractivity contribution in [3.8, 4) is 11.5 Å². The number of aryl methyl sites for hydroxylation is 1. The molecule has 2 aliphatic carbocycles. The van der Waals surface area contributed by atoms with Gasteiger partial charge in [-0.1, -0.05) is 13.0 Å². The van der Waals surface area contributed by atoms with Crippen molar-refractivity contribution in [3.05, 3.63) is 69.0 Å². The lowest BCUT2D eigenvalue weighted by molar-refractivity contribution is -0.385. The van der Waals surface area contributed by atoms with E-state index in [4.69, 9.17) is 4.74 Å². The van der Waals surface area contributed by atoms with Crippen molar-refractivity contribution in [2.75, 3.05) is 0 Å². The summed E-state index contributed by atoms with van der Waals surface area (Å²) >= 11 is 0. The lowest BCUT2D eigenvalue weighted by Gasteiger charge is -2.23. The zero-order chi connectivity index (χ0) is 23.2. The van der Waals surface area contributed by atoms with Crippen molar-refractivity contribution in [1.29, 1.82) is 0 Å². The van der Waals surface area contributed by atoms with Gasteiger partial charge in [0, 0.05) is 17.9 Å². The van der Waals surface area contributed by atoms with Gasteiger partial charge in [-0.15, -0.1) is 0 Å². The first-order chi connectivity index (χ1) is 15.1. The third-order valence-corrected chi connectivity index (χ3v) is 6.13. The second-order valence-corrected chi connectivity index (χ2v) is 8.04. The Kier molecular flexibility index (Phi) is 5.44. The smallest absolute Gasteiger partial charge is 0.416 e. The van der Waals surface area contributed by atoms with Crippen LogP contribution in [-0.2, 0) is 17.4 Å². The second-order valence-electron chi connectivity index (χ2n) is 8.04. The molecule has 0 aromatic heterocycles. The van der Waals surface area contributed by atoms with Crippen molar-refractivity contribution in [2.24, 2.45) is 11.8 Å². The number of aliphatic hydroxyl groups excluding tert-OH is 1. The number of hydrogen-bond acceptors (Lipinski definition) is 5. The normalized spacial score (nSPS) is 20.6. The number of alkyl halides is 3. The molecule has 0 unspecified atom stereocenters. The van der Waals surface area contributed by atoms with Crippen LogP contribution in [0.4, 0.5) is 18.9 Å². The molecule has 1 saturated carbocycles. The fourth-order valence-electron chi connectivity index (χ4n) is 4.48. The van der Waals surface area contributed by atoms with E-state index in [1.165, 1.54) is 12.1 Å². The average Bonchev–Trinajstić information content (AvgIpc) is 3.19. The Balaban J connectivity index is 1.75. The number of benzene rings is 2. The molecule has 2 aliphatic rings. The van der Waals surface area contributed by atoms with E-state index in [-0.39, 0.29) is 40.5 Å². The summed E-state index contributed by atoms with van der Waals surface area (Å²) in [4.78, 5) is 23.4. The molecule has 1 N–H and O–H groups in total. The standard InChI is InChI=1S/C23H20F3NO5/c1-2-12-5-7-16(11-17(12)20-21(28)13-3-4-14(9-13)22(20)29)32-19-8-6-15(23(24,25)26)10-18(19)27(30)31/h5-8,10-11,13-14,28H,2-4,9H2,1H3/t13-,14+/m1/s1. The summed E-state index contributed by atoms with van der Waals surface area (Å²) in [6.45, 7) is 1.89. The van der Waals surface area contributed by atoms with E-state index in [0.717, 1.165) is 18.1 Å². The zero-order valence-electron chi connectivity index (χ0n) is 17.1. The molecule has 2 aromatic rings. The molecule has 168 valence electrons. The summed E-state index contributed by atoms with van der Waals surface area (Å²) in [5, 5.41) is 22.1. The minimum atomic E-state index is -4.73. The number of ketones is 1. The molecule has 0 aliphatic heterocycles. The van der Waals surface area contributed by atoms with E-state index in [9.17, 15) is 33.2 Å². The number of ether oxygens (including phenoxy) is 1. The van der Waals surface area contributed by atoms with E-state index in [1.807, 2.05) is 6.92 Å². The number of carbonyl (C=O) groups excluding carboxylic acids is 1. The summed E-state index contributed by atoms with van der Waals surface area (Å²) in [5.74, 6) is -0.536. The zero-order valence-corrected chi connectivity index (χ0v) is 17.1. The highest BCUT2D eigenvalue weighted by atomic mass is 19.4. The van der Waals surface area contributed by atoms with E-state index in [2.05, 4.69) is 0 Å². The van der Waals surface area contributed by atoms with Crippen molar-refractivity contribution < 1.29 is 32.7 Å². The van der Waals surface area contributed by atoms with Gasteiger partial charge in [0.1, 0.15) is 11.5 Å². The number of nitro benzene ring substituents is 1. The van der Waals surface area contributed by atoms with Crippen LogP contribution in [0.5, 0.6) is 11.5 Å². The maximum atomic E-state index is 13.0. The molecule has 4 rings (SSSR count). The predicted molar refractivity (Wildman–Crippen MR) is 109 cm³/mol. The number of fused-ring (bicyclic) bond motifs is 2. The van der Waals surface area contributed by atoms with E-state index >= 15 is 0 Å². The summed E-state index contributed by atoms with van der Waals surface area (Å²) in [5.41, 5.74) is -0.464. The van der Waals surface area contributed by atoms with Crippen molar-refractivity contribution >= 4 is 17.0 Å². The molecule has 2 bridgehead atoms. The molecule has 9 heteroatoms. The van der Waals surface area contributed by atoms with Crippen LogP contribution in [0.15, 0.2) is 42.2 Å². The molecular formula is C23H20F3NO5. The third-order valence-electron chi connectivity index (χ3n) is 6.13. The lowest BCUT2D eigenvalue weighted by atomic mass is 9.81. The number of hydrogen-bond donors (Lipinski definition) is 1. The first-order valence-electron chi connectivity index (χ1n) is 10.2. The number of aliphatic hydroxyl groups is 1.